The summed E-state index contributed by atoms with van der Waals surface area (Å²) in [6.07, 6.45) is 1.97. The lowest BCUT2D eigenvalue weighted by Gasteiger charge is -2.29. The predicted octanol–water partition coefficient (Wildman–Crippen LogP) is -0.466. The Balaban J connectivity index is 1.95. The molecule has 0 aromatic carbocycles. The van der Waals surface area contributed by atoms with E-state index < -0.39 is 0 Å². The maximum Gasteiger partial charge on any atom is 0.179 e. The molecule has 15 heavy (non-hydrogen) atoms. The van der Waals surface area contributed by atoms with E-state index in [1.54, 1.807) is 4.52 Å². The lowest BCUT2D eigenvalue weighted by atomic mass is 10.3. The Labute approximate surface area is 86.9 Å². The Bertz CT molecular complexity index is 458. The van der Waals surface area contributed by atoms with Crippen LogP contribution in [0.3, 0.4) is 0 Å². The molecule has 3 rings (SSSR count). The lowest BCUT2D eigenvalue weighted by Crippen LogP contribution is -2.43. The van der Waals surface area contributed by atoms with Gasteiger partial charge in [-0.3, -0.25) is 0 Å². The first-order valence-corrected chi connectivity index (χ1v) is 5.07. The molecular weight excluding hydrogens is 192 g/mol. The Morgan fingerprint density at radius 2 is 2.07 bits per heavy atom. The van der Waals surface area contributed by atoms with Crippen molar-refractivity contribution in [3.63, 3.8) is 0 Å². The van der Waals surface area contributed by atoms with Gasteiger partial charge in [0.2, 0.25) is 0 Å². The van der Waals surface area contributed by atoms with Crippen LogP contribution in [0.5, 0.6) is 0 Å². The fourth-order valence-electron chi connectivity index (χ4n) is 1.84. The van der Waals surface area contributed by atoms with Gasteiger partial charge in [-0.25, -0.2) is 0 Å². The highest BCUT2D eigenvalue weighted by atomic mass is 15.5. The van der Waals surface area contributed by atoms with E-state index in [0.29, 0.717) is 0 Å². The maximum atomic E-state index is 3.89. The van der Waals surface area contributed by atoms with Gasteiger partial charge in [0.05, 0.1) is 11.9 Å². The number of piperazine rings is 1. The Morgan fingerprint density at radius 1 is 1.20 bits per heavy atom. The minimum Gasteiger partial charge on any atom is -0.368 e. The summed E-state index contributed by atoms with van der Waals surface area (Å²) in [6.45, 7) is 4.14. The summed E-state index contributed by atoms with van der Waals surface area (Å²) in [5, 5.41) is 14.7. The molecule has 0 atom stereocenters. The Hall–Kier alpha value is -1.69. The van der Waals surface area contributed by atoms with Crippen LogP contribution in [0.4, 0.5) is 5.69 Å². The van der Waals surface area contributed by atoms with Gasteiger partial charge in [0, 0.05) is 26.2 Å². The molecule has 6 nitrogen and oxygen atoms in total. The normalized spacial score (nSPS) is 17.2. The van der Waals surface area contributed by atoms with Crippen molar-refractivity contribution >= 4 is 11.3 Å². The fourth-order valence-corrected chi connectivity index (χ4v) is 1.84. The molecule has 0 unspecified atom stereocenters. The Morgan fingerprint density at radius 3 is 2.93 bits per heavy atom. The molecule has 0 radical (unpaired) electrons. The number of fused-ring (bicyclic) bond motifs is 1. The first kappa shape index (κ1) is 8.60. The van der Waals surface area contributed by atoms with Crippen molar-refractivity contribution < 1.29 is 0 Å². The third-order valence-corrected chi connectivity index (χ3v) is 2.66. The standard InChI is InChI=1S/C9H12N6/c1-2-9-11-12-13-15(9)7-8(1)14-5-3-10-4-6-14/h1-2,7,10H,3-6H2. The number of pyridine rings is 1. The summed E-state index contributed by atoms with van der Waals surface area (Å²) < 4.78 is 1.71. The topological polar surface area (TPSA) is 58.4 Å². The van der Waals surface area contributed by atoms with E-state index in [1.165, 1.54) is 5.69 Å². The van der Waals surface area contributed by atoms with Gasteiger partial charge in [-0.15, -0.1) is 5.10 Å². The molecule has 0 aliphatic carbocycles. The van der Waals surface area contributed by atoms with Crippen LogP contribution in [-0.2, 0) is 0 Å². The van der Waals surface area contributed by atoms with Gasteiger partial charge in [-0.2, -0.15) is 4.52 Å². The number of rotatable bonds is 1. The second-order valence-electron chi connectivity index (χ2n) is 3.61. The van der Waals surface area contributed by atoms with Crippen LogP contribution in [0.15, 0.2) is 18.3 Å². The predicted molar refractivity (Wildman–Crippen MR) is 55.9 cm³/mol. The number of aromatic nitrogens is 4. The zero-order chi connectivity index (χ0) is 10.1. The molecule has 2 aromatic heterocycles. The van der Waals surface area contributed by atoms with Gasteiger partial charge in [0.1, 0.15) is 0 Å². The Kier molecular flexibility index (Phi) is 1.99. The molecule has 0 spiro atoms. The number of nitrogens with one attached hydrogen (secondary N) is 1. The van der Waals surface area contributed by atoms with Gasteiger partial charge in [-0.1, -0.05) is 0 Å². The van der Waals surface area contributed by atoms with Crippen LogP contribution in [0, 0.1) is 0 Å². The summed E-state index contributed by atoms with van der Waals surface area (Å²) in [5.41, 5.74) is 1.96. The van der Waals surface area contributed by atoms with Crippen LogP contribution in [0.25, 0.3) is 5.65 Å². The van der Waals surface area contributed by atoms with Gasteiger partial charge in [0.15, 0.2) is 5.65 Å². The monoisotopic (exact) mass is 204 g/mol. The minimum atomic E-state index is 0.786. The molecule has 1 N–H and O–H groups in total. The first-order chi connectivity index (χ1) is 7.43. The van der Waals surface area contributed by atoms with Crippen molar-refractivity contribution in [2.75, 3.05) is 31.1 Å². The molecule has 1 aliphatic heterocycles. The third-order valence-electron chi connectivity index (χ3n) is 2.66. The quantitative estimate of drug-likeness (QED) is 0.680. The van der Waals surface area contributed by atoms with Crippen molar-refractivity contribution in [1.29, 1.82) is 0 Å². The van der Waals surface area contributed by atoms with Gasteiger partial charge in [0.25, 0.3) is 0 Å². The largest absolute Gasteiger partial charge is 0.368 e. The molecule has 6 heteroatoms. The fraction of sp³-hybridized carbons (Fsp3) is 0.444. The van der Waals surface area contributed by atoms with E-state index in [0.717, 1.165) is 31.8 Å². The summed E-state index contributed by atoms with van der Waals surface area (Å²) in [6, 6.07) is 4.01. The molecule has 1 aliphatic rings. The molecule has 0 saturated carbocycles. The minimum absolute atomic E-state index is 0.786. The van der Waals surface area contributed by atoms with E-state index >= 15 is 0 Å². The average molecular weight is 204 g/mol. The van der Waals surface area contributed by atoms with E-state index in [-0.39, 0.29) is 0 Å². The van der Waals surface area contributed by atoms with E-state index in [9.17, 15) is 0 Å². The number of nitrogens with zero attached hydrogens (tertiary/aromatic N) is 5. The summed E-state index contributed by atoms with van der Waals surface area (Å²) in [7, 11) is 0. The number of hydrogen-bond acceptors (Lipinski definition) is 5. The average Bonchev–Trinajstić information content (AvgIpc) is 2.77. The number of hydrogen-bond donors (Lipinski definition) is 1. The first-order valence-electron chi connectivity index (χ1n) is 5.07. The van der Waals surface area contributed by atoms with Crippen LogP contribution in [0.1, 0.15) is 0 Å². The van der Waals surface area contributed by atoms with Crippen molar-refractivity contribution in [3.8, 4) is 0 Å². The molecule has 3 heterocycles. The zero-order valence-electron chi connectivity index (χ0n) is 8.30. The van der Waals surface area contributed by atoms with Gasteiger partial charge < -0.3 is 10.2 Å². The third kappa shape index (κ3) is 1.52. The van der Waals surface area contributed by atoms with Crippen molar-refractivity contribution in [3.05, 3.63) is 18.3 Å². The summed E-state index contributed by atoms with van der Waals surface area (Å²) in [5.74, 6) is 0. The molecule has 2 aromatic rings. The van der Waals surface area contributed by atoms with Crippen LogP contribution >= 0.6 is 0 Å². The van der Waals surface area contributed by atoms with Crippen molar-refractivity contribution in [2.24, 2.45) is 0 Å². The highest BCUT2D eigenvalue weighted by Crippen LogP contribution is 2.14. The molecule has 1 fully saturated rings. The second-order valence-corrected chi connectivity index (χ2v) is 3.61. The maximum absolute atomic E-state index is 3.89. The van der Waals surface area contributed by atoms with Gasteiger partial charge in [-0.05, 0) is 22.6 Å². The smallest absolute Gasteiger partial charge is 0.179 e. The summed E-state index contributed by atoms with van der Waals surface area (Å²) in [4.78, 5) is 2.33. The van der Waals surface area contributed by atoms with Crippen molar-refractivity contribution in [1.82, 2.24) is 25.4 Å². The van der Waals surface area contributed by atoms with Crippen LogP contribution < -0.4 is 10.2 Å². The van der Waals surface area contributed by atoms with Crippen LogP contribution in [0.2, 0.25) is 0 Å². The van der Waals surface area contributed by atoms with Crippen LogP contribution in [-0.4, -0.2) is 46.2 Å². The second kappa shape index (κ2) is 3.47. The van der Waals surface area contributed by atoms with E-state index in [4.69, 9.17) is 0 Å². The lowest BCUT2D eigenvalue weighted by molar-refractivity contribution is 0.588. The van der Waals surface area contributed by atoms with E-state index in [1.807, 2.05) is 12.3 Å². The summed E-state index contributed by atoms with van der Waals surface area (Å²) >= 11 is 0. The number of tetrazole rings is 1. The SMILES string of the molecule is c1cc2nnnn2cc1N1CCNCC1. The highest BCUT2D eigenvalue weighted by molar-refractivity contribution is 5.50. The molecular formula is C9H12N6. The molecule has 0 bridgehead atoms. The molecule has 78 valence electrons. The molecule has 1 saturated heterocycles. The van der Waals surface area contributed by atoms with Gasteiger partial charge >= 0.3 is 0 Å². The van der Waals surface area contributed by atoms with E-state index in [2.05, 4.69) is 31.8 Å². The highest BCUT2D eigenvalue weighted by Gasteiger charge is 2.11. The number of anilines is 1. The van der Waals surface area contributed by atoms with Crippen molar-refractivity contribution in [2.45, 2.75) is 0 Å². The molecule has 0 amide bonds. The zero-order valence-corrected chi connectivity index (χ0v) is 8.30.